The third kappa shape index (κ3) is 5.78. The first kappa shape index (κ1) is 19.3. The van der Waals surface area contributed by atoms with Gasteiger partial charge in [-0.3, -0.25) is 14.4 Å². The van der Waals surface area contributed by atoms with Crippen LogP contribution in [0, 0.1) is 5.92 Å². The van der Waals surface area contributed by atoms with Gasteiger partial charge in [0.1, 0.15) is 18.8 Å². The molecule has 23 heavy (non-hydrogen) atoms. The van der Waals surface area contributed by atoms with E-state index < -0.39 is 48.5 Å². The molecule has 0 aromatic heterocycles. The smallest absolute Gasteiger partial charge is 0.308 e. The SMILES string of the molecule is CCCC(=O)OC1OC(COC(C)=O)[C@@H](F)C(OC(C)=O)[C@@H]1C. The summed E-state index contributed by atoms with van der Waals surface area (Å²) in [6.45, 7) is 5.36. The lowest BCUT2D eigenvalue weighted by atomic mass is 9.93. The summed E-state index contributed by atoms with van der Waals surface area (Å²) in [5, 5.41) is 0. The highest BCUT2D eigenvalue weighted by molar-refractivity contribution is 5.69. The molecule has 1 heterocycles. The van der Waals surface area contributed by atoms with Gasteiger partial charge >= 0.3 is 17.9 Å². The van der Waals surface area contributed by atoms with Crippen LogP contribution in [-0.4, -0.2) is 49.2 Å². The molecule has 0 saturated carbocycles. The Morgan fingerprint density at radius 2 is 1.78 bits per heavy atom. The predicted octanol–water partition coefficient (Wildman–Crippen LogP) is 1.52. The van der Waals surface area contributed by atoms with Crippen LogP contribution >= 0.6 is 0 Å². The number of hydrogen-bond acceptors (Lipinski definition) is 7. The molecule has 1 rings (SSSR count). The fraction of sp³-hybridized carbons (Fsp3) is 0.800. The van der Waals surface area contributed by atoms with Crippen LogP contribution in [0.25, 0.3) is 0 Å². The summed E-state index contributed by atoms with van der Waals surface area (Å²) in [5.74, 6) is -2.43. The zero-order chi connectivity index (χ0) is 17.6. The van der Waals surface area contributed by atoms with Crippen molar-refractivity contribution in [3.05, 3.63) is 0 Å². The Kier molecular flexibility index (Phi) is 7.41. The first-order valence-corrected chi connectivity index (χ1v) is 7.55. The fourth-order valence-corrected chi connectivity index (χ4v) is 2.25. The van der Waals surface area contributed by atoms with Gasteiger partial charge < -0.3 is 18.9 Å². The summed E-state index contributed by atoms with van der Waals surface area (Å²) in [6.07, 6.45) is -4.32. The van der Waals surface area contributed by atoms with E-state index >= 15 is 0 Å². The number of halogens is 1. The fourth-order valence-electron chi connectivity index (χ4n) is 2.25. The van der Waals surface area contributed by atoms with Gasteiger partial charge in [-0.25, -0.2) is 4.39 Å². The topological polar surface area (TPSA) is 88.1 Å². The molecule has 5 atom stereocenters. The summed E-state index contributed by atoms with van der Waals surface area (Å²) >= 11 is 0. The molecule has 1 saturated heterocycles. The van der Waals surface area contributed by atoms with Crippen molar-refractivity contribution in [2.45, 2.75) is 65.2 Å². The summed E-state index contributed by atoms with van der Waals surface area (Å²) < 4.78 is 34.8. The van der Waals surface area contributed by atoms with E-state index in [2.05, 4.69) is 0 Å². The molecule has 0 spiro atoms. The molecule has 3 unspecified atom stereocenters. The van der Waals surface area contributed by atoms with E-state index in [9.17, 15) is 18.8 Å². The van der Waals surface area contributed by atoms with Crippen molar-refractivity contribution in [2.24, 2.45) is 5.92 Å². The lowest BCUT2D eigenvalue weighted by Gasteiger charge is -2.40. The minimum absolute atomic E-state index is 0.193. The zero-order valence-corrected chi connectivity index (χ0v) is 13.7. The van der Waals surface area contributed by atoms with E-state index in [1.165, 1.54) is 6.92 Å². The second kappa shape index (κ2) is 8.81. The molecule has 8 heteroatoms. The van der Waals surface area contributed by atoms with Gasteiger partial charge in [0.25, 0.3) is 0 Å². The van der Waals surface area contributed by atoms with Crippen LogP contribution in [-0.2, 0) is 33.3 Å². The predicted molar refractivity (Wildman–Crippen MR) is 75.9 cm³/mol. The monoisotopic (exact) mass is 334 g/mol. The molecule has 1 aliphatic heterocycles. The van der Waals surface area contributed by atoms with Gasteiger partial charge in [0, 0.05) is 20.3 Å². The maximum absolute atomic E-state index is 14.5. The summed E-state index contributed by atoms with van der Waals surface area (Å²) in [6, 6.07) is 0. The minimum Gasteiger partial charge on any atom is -0.463 e. The molecule has 0 aromatic carbocycles. The van der Waals surface area contributed by atoms with Crippen molar-refractivity contribution < 1.29 is 37.7 Å². The van der Waals surface area contributed by atoms with E-state index in [-0.39, 0.29) is 13.0 Å². The summed E-state index contributed by atoms with van der Waals surface area (Å²) in [7, 11) is 0. The first-order valence-electron chi connectivity index (χ1n) is 7.55. The number of ether oxygens (including phenoxy) is 4. The van der Waals surface area contributed by atoms with E-state index in [4.69, 9.17) is 18.9 Å². The largest absolute Gasteiger partial charge is 0.463 e. The molecule has 132 valence electrons. The van der Waals surface area contributed by atoms with Crippen LogP contribution in [0.15, 0.2) is 0 Å². The van der Waals surface area contributed by atoms with Gasteiger partial charge in [0.05, 0.1) is 5.92 Å². The normalized spacial score (nSPS) is 30.4. The zero-order valence-electron chi connectivity index (χ0n) is 13.7. The van der Waals surface area contributed by atoms with Gasteiger partial charge in [-0.15, -0.1) is 0 Å². The minimum atomic E-state index is -1.70. The highest BCUT2D eigenvalue weighted by Gasteiger charge is 2.48. The first-order chi connectivity index (χ1) is 10.8. The molecule has 1 aliphatic rings. The number of carbonyl (C=O) groups is 3. The number of esters is 3. The number of hydrogen-bond donors (Lipinski definition) is 0. The third-order valence-electron chi connectivity index (χ3n) is 3.38. The highest BCUT2D eigenvalue weighted by Crippen LogP contribution is 2.31. The molecule has 1 fully saturated rings. The molecule has 0 bridgehead atoms. The van der Waals surface area contributed by atoms with Gasteiger partial charge in [-0.2, -0.15) is 0 Å². The Labute approximate surface area is 134 Å². The molecule has 0 N–H and O–H groups in total. The Morgan fingerprint density at radius 3 is 2.30 bits per heavy atom. The van der Waals surface area contributed by atoms with Crippen molar-refractivity contribution in [3.63, 3.8) is 0 Å². The van der Waals surface area contributed by atoms with Gasteiger partial charge in [-0.05, 0) is 6.42 Å². The van der Waals surface area contributed by atoms with Crippen molar-refractivity contribution in [1.82, 2.24) is 0 Å². The molecule has 0 aliphatic carbocycles. The standard InChI is InChI=1S/C15H23FO7/c1-5-6-12(19)23-15-8(2)14(21-10(4)18)13(16)11(22-15)7-20-9(3)17/h8,11,13-15H,5-7H2,1-4H3/t8-,11?,13+,14?,15?/m0/s1. The van der Waals surface area contributed by atoms with Crippen LogP contribution in [0.1, 0.15) is 40.5 Å². The summed E-state index contributed by atoms with van der Waals surface area (Å²) in [5.41, 5.74) is 0. The van der Waals surface area contributed by atoms with Gasteiger partial charge in [0.2, 0.25) is 6.29 Å². The lowest BCUT2D eigenvalue weighted by molar-refractivity contribution is -0.267. The van der Waals surface area contributed by atoms with Crippen molar-refractivity contribution >= 4 is 17.9 Å². The maximum Gasteiger partial charge on any atom is 0.308 e. The van der Waals surface area contributed by atoms with Crippen LogP contribution in [0.3, 0.4) is 0 Å². The molecule has 0 amide bonds. The van der Waals surface area contributed by atoms with E-state index in [0.29, 0.717) is 6.42 Å². The summed E-state index contributed by atoms with van der Waals surface area (Å²) in [4.78, 5) is 33.7. The van der Waals surface area contributed by atoms with Gasteiger partial charge in [-0.1, -0.05) is 13.8 Å². The Hall–Kier alpha value is -1.70. The number of rotatable bonds is 6. The van der Waals surface area contributed by atoms with E-state index in [1.807, 2.05) is 6.92 Å². The molecule has 0 aromatic rings. The third-order valence-corrected chi connectivity index (χ3v) is 3.38. The average molecular weight is 334 g/mol. The van der Waals surface area contributed by atoms with Crippen molar-refractivity contribution in [2.75, 3.05) is 6.61 Å². The van der Waals surface area contributed by atoms with Gasteiger partial charge in [0.15, 0.2) is 6.17 Å². The van der Waals surface area contributed by atoms with Crippen LogP contribution < -0.4 is 0 Å². The highest BCUT2D eigenvalue weighted by atomic mass is 19.1. The second-order valence-corrected chi connectivity index (χ2v) is 5.46. The maximum atomic E-state index is 14.5. The van der Waals surface area contributed by atoms with Crippen LogP contribution in [0.5, 0.6) is 0 Å². The van der Waals surface area contributed by atoms with E-state index in [1.54, 1.807) is 6.92 Å². The average Bonchev–Trinajstić information content (AvgIpc) is 2.45. The van der Waals surface area contributed by atoms with Crippen molar-refractivity contribution in [3.8, 4) is 0 Å². The Balaban J connectivity index is 2.85. The Bertz CT molecular complexity index is 440. The molecular weight excluding hydrogens is 311 g/mol. The lowest BCUT2D eigenvalue weighted by Crippen LogP contribution is -2.55. The quantitative estimate of drug-likeness (QED) is 0.537. The Morgan fingerprint density at radius 1 is 1.13 bits per heavy atom. The van der Waals surface area contributed by atoms with Crippen molar-refractivity contribution in [1.29, 1.82) is 0 Å². The number of alkyl halides is 1. The molecular formula is C15H23FO7. The molecule has 0 radical (unpaired) electrons. The second-order valence-electron chi connectivity index (χ2n) is 5.46. The van der Waals surface area contributed by atoms with Crippen LogP contribution in [0.2, 0.25) is 0 Å². The molecule has 7 nitrogen and oxygen atoms in total. The number of carbonyl (C=O) groups excluding carboxylic acids is 3. The van der Waals surface area contributed by atoms with Crippen LogP contribution in [0.4, 0.5) is 4.39 Å². The van der Waals surface area contributed by atoms with E-state index in [0.717, 1.165) is 6.92 Å².